The van der Waals surface area contributed by atoms with Crippen molar-refractivity contribution in [3.05, 3.63) is 29.8 Å². The van der Waals surface area contributed by atoms with E-state index in [0.717, 1.165) is 5.56 Å². The predicted octanol–water partition coefficient (Wildman–Crippen LogP) is 2.05. The van der Waals surface area contributed by atoms with Gasteiger partial charge < -0.3 is 9.64 Å². The monoisotopic (exact) mass is 315 g/mol. The number of hydrogen-bond acceptors (Lipinski definition) is 4. The number of rotatable bonds is 5. The lowest BCUT2D eigenvalue weighted by Crippen LogP contribution is -2.30. The van der Waals surface area contributed by atoms with Crippen LogP contribution in [0.5, 0.6) is 5.75 Å². The van der Waals surface area contributed by atoms with Gasteiger partial charge in [0.1, 0.15) is 11.0 Å². The number of ether oxygens (including phenoxy) is 1. The van der Waals surface area contributed by atoms with Crippen LogP contribution in [0, 0.1) is 0 Å². The fourth-order valence-electron chi connectivity index (χ4n) is 2.47. The summed E-state index contributed by atoms with van der Waals surface area (Å²) in [6, 6.07) is 6.92. The van der Waals surface area contributed by atoms with Crippen molar-refractivity contribution < 1.29 is 21.8 Å². The van der Waals surface area contributed by atoms with E-state index in [0.29, 0.717) is 12.4 Å². The van der Waals surface area contributed by atoms with Gasteiger partial charge in [-0.3, -0.25) is 4.79 Å². The Hall–Kier alpha value is -1.63. The largest absolute Gasteiger partial charge is 0.494 e. The van der Waals surface area contributed by atoms with Gasteiger partial charge in [-0.1, -0.05) is 12.1 Å². The first-order chi connectivity index (χ1) is 9.82. The maximum atomic E-state index is 13.0. The third-order valence-electron chi connectivity index (χ3n) is 3.64. The Balaban J connectivity index is 2.18. The molecule has 116 valence electrons. The Kier molecular flexibility index (Phi) is 4.51. The van der Waals surface area contributed by atoms with E-state index in [1.807, 2.05) is 13.0 Å². The first-order valence-electron chi connectivity index (χ1n) is 6.78. The third-order valence-corrected chi connectivity index (χ3v) is 4.75. The zero-order valence-corrected chi connectivity index (χ0v) is 12.8. The van der Waals surface area contributed by atoms with Crippen LogP contribution in [0.4, 0.5) is 3.89 Å². The molecular formula is C14H18FNO4S. The smallest absolute Gasteiger partial charge is 0.307 e. The predicted molar refractivity (Wildman–Crippen MR) is 76.2 cm³/mol. The number of halogens is 1. The summed E-state index contributed by atoms with van der Waals surface area (Å²) in [5.41, 5.74) is 0.825. The molecule has 2 unspecified atom stereocenters. The molecule has 5 nitrogen and oxygen atoms in total. The molecule has 7 heteroatoms. The van der Waals surface area contributed by atoms with Crippen LogP contribution in [-0.2, 0) is 15.0 Å². The SMILES string of the molecule is CCOc1cccc(C(C)N2CC(S(=O)(=O)F)CC2=O)c1. The highest BCUT2D eigenvalue weighted by Crippen LogP contribution is 2.30. The van der Waals surface area contributed by atoms with Gasteiger partial charge in [-0.2, -0.15) is 8.42 Å². The van der Waals surface area contributed by atoms with E-state index in [4.69, 9.17) is 4.74 Å². The summed E-state index contributed by atoms with van der Waals surface area (Å²) in [7, 11) is -4.69. The van der Waals surface area contributed by atoms with Gasteiger partial charge in [-0.05, 0) is 31.5 Å². The molecule has 1 fully saturated rings. The molecule has 1 heterocycles. The van der Waals surface area contributed by atoms with Crippen molar-refractivity contribution in [2.75, 3.05) is 13.2 Å². The fraction of sp³-hybridized carbons (Fsp3) is 0.500. The van der Waals surface area contributed by atoms with Gasteiger partial charge >= 0.3 is 10.2 Å². The average Bonchev–Trinajstić information content (AvgIpc) is 2.81. The molecular weight excluding hydrogens is 297 g/mol. The van der Waals surface area contributed by atoms with Crippen molar-refractivity contribution in [2.24, 2.45) is 0 Å². The summed E-state index contributed by atoms with van der Waals surface area (Å²) in [4.78, 5) is 13.3. The van der Waals surface area contributed by atoms with E-state index < -0.39 is 15.5 Å². The molecule has 0 radical (unpaired) electrons. The van der Waals surface area contributed by atoms with Crippen molar-refractivity contribution >= 4 is 16.1 Å². The van der Waals surface area contributed by atoms with Crippen molar-refractivity contribution in [3.63, 3.8) is 0 Å². The molecule has 0 saturated carbocycles. The number of hydrogen-bond donors (Lipinski definition) is 0. The number of carbonyl (C=O) groups excluding carboxylic acids is 1. The van der Waals surface area contributed by atoms with E-state index in [1.165, 1.54) is 4.90 Å². The maximum absolute atomic E-state index is 13.0. The van der Waals surface area contributed by atoms with E-state index in [-0.39, 0.29) is 24.9 Å². The fourth-order valence-corrected chi connectivity index (χ4v) is 3.15. The van der Waals surface area contributed by atoms with Crippen LogP contribution in [0.25, 0.3) is 0 Å². The molecule has 0 N–H and O–H groups in total. The number of likely N-dealkylation sites (tertiary alicyclic amines) is 1. The first-order valence-corrected chi connectivity index (χ1v) is 8.23. The van der Waals surface area contributed by atoms with Gasteiger partial charge in [0, 0.05) is 13.0 Å². The summed E-state index contributed by atoms with van der Waals surface area (Å²) < 4.78 is 40.4. The second-order valence-corrected chi connectivity index (χ2v) is 6.65. The molecule has 1 aromatic rings. The second kappa shape index (κ2) is 6.01. The number of amides is 1. The van der Waals surface area contributed by atoms with E-state index in [1.54, 1.807) is 25.1 Å². The quantitative estimate of drug-likeness (QED) is 0.780. The van der Waals surface area contributed by atoms with Crippen LogP contribution in [0.1, 0.15) is 31.9 Å². The van der Waals surface area contributed by atoms with E-state index >= 15 is 0 Å². The standard InChI is InChI=1S/C14H18FNO4S/c1-3-20-12-6-4-5-11(7-12)10(2)16-9-13(8-14(16)17)21(15,18)19/h4-7,10,13H,3,8-9H2,1-2H3. The van der Waals surface area contributed by atoms with Crippen LogP contribution < -0.4 is 4.74 Å². The number of carbonyl (C=O) groups is 1. The van der Waals surface area contributed by atoms with Gasteiger partial charge in [-0.25, -0.2) is 0 Å². The lowest BCUT2D eigenvalue weighted by molar-refractivity contribution is -0.129. The van der Waals surface area contributed by atoms with Crippen molar-refractivity contribution in [1.29, 1.82) is 0 Å². The zero-order valence-electron chi connectivity index (χ0n) is 12.0. The van der Waals surface area contributed by atoms with E-state index in [9.17, 15) is 17.1 Å². The molecule has 1 aromatic carbocycles. The highest BCUT2D eigenvalue weighted by Gasteiger charge is 2.40. The van der Waals surface area contributed by atoms with Gasteiger partial charge in [0.15, 0.2) is 0 Å². The normalized spacial score (nSPS) is 20.6. The third kappa shape index (κ3) is 3.53. The van der Waals surface area contributed by atoms with E-state index in [2.05, 4.69) is 0 Å². The minimum Gasteiger partial charge on any atom is -0.494 e. The molecule has 21 heavy (non-hydrogen) atoms. The van der Waals surface area contributed by atoms with Crippen LogP contribution in [-0.4, -0.2) is 37.6 Å². The Morgan fingerprint density at radius 3 is 2.76 bits per heavy atom. The highest BCUT2D eigenvalue weighted by molar-refractivity contribution is 7.87. The first kappa shape index (κ1) is 15.8. The molecule has 0 spiro atoms. The number of nitrogens with zero attached hydrogens (tertiary/aromatic N) is 1. The summed E-state index contributed by atoms with van der Waals surface area (Å²) in [5, 5.41) is -1.26. The maximum Gasteiger partial charge on any atom is 0.307 e. The van der Waals surface area contributed by atoms with Crippen LogP contribution in [0.2, 0.25) is 0 Å². The molecule has 2 rings (SSSR count). The molecule has 1 aliphatic rings. The molecule has 1 amide bonds. The Labute approximate surface area is 123 Å². The second-order valence-electron chi connectivity index (χ2n) is 5.03. The molecule has 0 aliphatic carbocycles. The Morgan fingerprint density at radius 2 is 2.19 bits per heavy atom. The summed E-state index contributed by atoms with van der Waals surface area (Å²) in [5.74, 6) is 0.332. The van der Waals surface area contributed by atoms with Gasteiger partial charge in [-0.15, -0.1) is 3.89 Å². The minimum absolute atomic E-state index is 0.113. The minimum atomic E-state index is -4.69. The van der Waals surface area contributed by atoms with Gasteiger partial charge in [0.25, 0.3) is 0 Å². The summed E-state index contributed by atoms with van der Waals surface area (Å²) >= 11 is 0. The molecule has 1 aliphatic heterocycles. The molecule has 1 saturated heterocycles. The van der Waals surface area contributed by atoms with Crippen LogP contribution >= 0.6 is 0 Å². The van der Waals surface area contributed by atoms with Crippen molar-refractivity contribution in [1.82, 2.24) is 4.90 Å². The van der Waals surface area contributed by atoms with Gasteiger partial charge in [0.05, 0.1) is 12.6 Å². The van der Waals surface area contributed by atoms with Crippen LogP contribution in [0.15, 0.2) is 24.3 Å². The topological polar surface area (TPSA) is 63.7 Å². The molecule has 2 atom stereocenters. The van der Waals surface area contributed by atoms with Gasteiger partial charge in [0.2, 0.25) is 5.91 Å². The molecule has 0 bridgehead atoms. The lowest BCUT2D eigenvalue weighted by atomic mass is 10.1. The van der Waals surface area contributed by atoms with Crippen molar-refractivity contribution in [3.8, 4) is 5.75 Å². The lowest BCUT2D eigenvalue weighted by Gasteiger charge is -2.25. The average molecular weight is 315 g/mol. The number of benzene rings is 1. The highest BCUT2D eigenvalue weighted by atomic mass is 32.3. The zero-order chi connectivity index (χ0) is 15.6. The summed E-state index contributed by atoms with van der Waals surface area (Å²) in [6.07, 6.45) is -0.297. The van der Waals surface area contributed by atoms with Crippen molar-refractivity contribution in [2.45, 2.75) is 31.6 Å². The van der Waals surface area contributed by atoms with Crippen LogP contribution in [0.3, 0.4) is 0 Å². The summed E-state index contributed by atoms with van der Waals surface area (Å²) in [6.45, 7) is 4.08. The Morgan fingerprint density at radius 1 is 1.48 bits per heavy atom. The molecule has 0 aromatic heterocycles. The Bertz CT molecular complexity index is 632.